The van der Waals surface area contributed by atoms with Crippen molar-refractivity contribution in [1.29, 1.82) is 0 Å². The second-order valence-electron chi connectivity index (χ2n) is 4.79. The number of nitrogens with zero attached hydrogens (tertiary/aromatic N) is 2. The Hall–Kier alpha value is -1.52. The van der Waals surface area contributed by atoms with Gasteiger partial charge in [-0.2, -0.15) is 5.10 Å². The van der Waals surface area contributed by atoms with Crippen LogP contribution in [0.2, 0.25) is 5.02 Å². The molecule has 1 aliphatic rings. The number of rotatable bonds is 4. The Morgan fingerprint density at radius 1 is 1.47 bits per heavy atom. The first-order valence-electron chi connectivity index (χ1n) is 6.60. The fourth-order valence-electron chi connectivity index (χ4n) is 2.43. The van der Waals surface area contributed by atoms with Gasteiger partial charge in [0, 0.05) is 30.0 Å². The summed E-state index contributed by atoms with van der Waals surface area (Å²) in [5.74, 6) is 0. The van der Waals surface area contributed by atoms with E-state index in [9.17, 15) is 0 Å². The highest BCUT2D eigenvalue weighted by molar-refractivity contribution is 6.31. The third-order valence-electron chi connectivity index (χ3n) is 3.41. The molecule has 0 radical (unpaired) electrons. The predicted octanol–water partition coefficient (Wildman–Crippen LogP) is 2.69. The molecule has 1 aromatic heterocycles. The van der Waals surface area contributed by atoms with Crippen LogP contribution in [0.3, 0.4) is 0 Å². The average Bonchev–Trinajstić information content (AvgIpc) is 3.10. The molecule has 1 saturated heterocycles. The Morgan fingerprint density at radius 3 is 3.16 bits per heavy atom. The van der Waals surface area contributed by atoms with Gasteiger partial charge < -0.3 is 10.6 Å². The molecule has 3 rings (SSSR count). The molecule has 0 amide bonds. The van der Waals surface area contributed by atoms with Gasteiger partial charge in [0.15, 0.2) is 0 Å². The predicted molar refractivity (Wildman–Crippen MR) is 78.1 cm³/mol. The largest absolute Gasteiger partial charge is 0.382 e. The van der Waals surface area contributed by atoms with Crippen LogP contribution >= 0.6 is 11.6 Å². The highest BCUT2D eigenvalue weighted by atomic mass is 35.5. The Balaban J connectivity index is 1.80. The van der Waals surface area contributed by atoms with Crippen molar-refractivity contribution in [3.8, 4) is 5.69 Å². The lowest BCUT2D eigenvalue weighted by Gasteiger charge is -2.16. The smallest absolute Gasteiger partial charge is 0.0877 e. The van der Waals surface area contributed by atoms with Gasteiger partial charge in [0.2, 0.25) is 0 Å². The first-order valence-corrected chi connectivity index (χ1v) is 6.97. The molecular weight excluding hydrogens is 260 g/mol. The summed E-state index contributed by atoms with van der Waals surface area (Å²) in [7, 11) is 0. The lowest BCUT2D eigenvalue weighted by molar-refractivity contribution is 0.633. The zero-order valence-corrected chi connectivity index (χ0v) is 11.4. The second kappa shape index (κ2) is 5.63. The molecule has 0 spiro atoms. The van der Waals surface area contributed by atoms with Crippen LogP contribution in [-0.2, 0) is 0 Å². The lowest BCUT2D eigenvalue weighted by atomic mass is 10.2. The Morgan fingerprint density at radius 2 is 2.42 bits per heavy atom. The minimum Gasteiger partial charge on any atom is -0.382 e. The van der Waals surface area contributed by atoms with Crippen molar-refractivity contribution in [3.05, 3.63) is 41.7 Å². The molecule has 0 aliphatic carbocycles. The van der Waals surface area contributed by atoms with E-state index in [-0.39, 0.29) is 0 Å². The Bertz CT molecular complexity index is 532. The number of hydrogen-bond acceptors (Lipinski definition) is 3. The fraction of sp³-hybridized carbons (Fsp3) is 0.357. The maximum atomic E-state index is 6.09. The van der Waals surface area contributed by atoms with Crippen LogP contribution in [0.1, 0.15) is 12.8 Å². The first-order chi connectivity index (χ1) is 9.33. The van der Waals surface area contributed by atoms with Crippen molar-refractivity contribution in [2.75, 3.05) is 18.4 Å². The van der Waals surface area contributed by atoms with Crippen LogP contribution in [0.4, 0.5) is 5.69 Å². The molecule has 2 heterocycles. The summed E-state index contributed by atoms with van der Waals surface area (Å²) in [5.41, 5.74) is 2.04. The van der Waals surface area contributed by atoms with Gasteiger partial charge in [-0.1, -0.05) is 11.6 Å². The third-order valence-corrected chi connectivity index (χ3v) is 3.65. The van der Waals surface area contributed by atoms with Gasteiger partial charge in [-0.3, -0.25) is 0 Å². The number of benzene rings is 1. The molecule has 2 aromatic rings. The first kappa shape index (κ1) is 12.5. The minimum absolute atomic E-state index is 0.546. The number of hydrogen-bond donors (Lipinski definition) is 2. The Labute approximate surface area is 117 Å². The van der Waals surface area contributed by atoms with Crippen LogP contribution in [0.15, 0.2) is 36.7 Å². The van der Waals surface area contributed by atoms with Gasteiger partial charge in [0.1, 0.15) is 0 Å². The number of anilines is 1. The summed E-state index contributed by atoms with van der Waals surface area (Å²) < 4.78 is 1.85. The maximum Gasteiger partial charge on any atom is 0.0877 e. The van der Waals surface area contributed by atoms with Crippen LogP contribution in [0.25, 0.3) is 5.69 Å². The molecule has 4 nitrogen and oxygen atoms in total. The zero-order chi connectivity index (χ0) is 13.1. The highest BCUT2D eigenvalue weighted by Crippen LogP contribution is 2.24. The fourth-order valence-corrected chi connectivity index (χ4v) is 2.60. The van der Waals surface area contributed by atoms with Crippen molar-refractivity contribution in [2.45, 2.75) is 18.9 Å². The molecular formula is C14H17ClN4. The van der Waals surface area contributed by atoms with E-state index in [1.165, 1.54) is 12.8 Å². The molecule has 19 heavy (non-hydrogen) atoms. The molecule has 100 valence electrons. The minimum atomic E-state index is 0.546. The van der Waals surface area contributed by atoms with Crippen molar-refractivity contribution in [2.24, 2.45) is 0 Å². The number of halogens is 1. The van der Waals surface area contributed by atoms with E-state index < -0.39 is 0 Å². The molecule has 1 aromatic carbocycles. The summed E-state index contributed by atoms with van der Waals surface area (Å²) in [6, 6.07) is 8.28. The van der Waals surface area contributed by atoms with E-state index in [0.717, 1.165) is 29.5 Å². The van der Waals surface area contributed by atoms with Crippen LogP contribution in [0.5, 0.6) is 0 Å². The van der Waals surface area contributed by atoms with Gasteiger partial charge in [-0.15, -0.1) is 0 Å². The van der Waals surface area contributed by atoms with E-state index in [1.54, 1.807) is 6.20 Å². The van der Waals surface area contributed by atoms with Gasteiger partial charge in [0.25, 0.3) is 0 Å². The molecule has 5 heteroatoms. The summed E-state index contributed by atoms with van der Waals surface area (Å²) in [4.78, 5) is 0. The average molecular weight is 277 g/mol. The molecule has 0 saturated carbocycles. The summed E-state index contributed by atoms with van der Waals surface area (Å²) in [6.07, 6.45) is 6.19. The van der Waals surface area contributed by atoms with E-state index >= 15 is 0 Å². The van der Waals surface area contributed by atoms with Crippen molar-refractivity contribution in [1.82, 2.24) is 15.1 Å². The quantitative estimate of drug-likeness (QED) is 0.902. The molecule has 0 bridgehead atoms. The molecule has 1 unspecified atom stereocenters. The third kappa shape index (κ3) is 2.91. The van der Waals surface area contributed by atoms with Crippen molar-refractivity contribution in [3.63, 3.8) is 0 Å². The zero-order valence-electron chi connectivity index (χ0n) is 10.6. The normalized spacial score (nSPS) is 18.7. The highest BCUT2D eigenvalue weighted by Gasteiger charge is 2.14. The molecule has 1 atom stereocenters. The molecule has 2 N–H and O–H groups in total. The summed E-state index contributed by atoms with van der Waals surface area (Å²) >= 11 is 6.09. The van der Waals surface area contributed by atoms with Crippen LogP contribution in [-0.4, -0.2) is 28.9 Å². The SMILES string of the molecule is Clc1ccc(-n2cccn2)c(NCC2CCCN2)c1. The number of aromatic nitrogens is 2. The number of nitrogens with one attached hydrogen (secondary N) is 2. The lowest BCUT2D eigenvalue weighted by Crippen LogP contribution is -2.29. The van der Waals surface area contributed by atoms with Crippen LogP contribution in [0, 0.1) is 0 Å². The van der Waals surface area contributed by atoms with E-state index in [0.29, 0.717) is 6.04 Å². The second-order valence-corrected chi connectivity index (χ2v) is 5.22. The van der Waals surface area contributed by atoms with Gasteiger partial charge >= 0.3 is 0 Å². The summed E-state index contributed by atoms with van der Waals surface area (Å²) in [5, 5.41) is 12.0. The summed E-state index contributed by atoms with van der Waals surface area (Å²) in [6.45, 7) is 2.03. The van der Waals surface area contributed by atoms with E-state index in [4.69, 9.17) is 11.6 Å². The van der Waals surface area contributed by atoms with Gasteiger partial charge in [-0.05, 0) is 43.7 Å². The molecule has 1 fully saturated rings. The standard InChI is InChI=1S/C14H17ClN4/c15-11-4-5-14(19-8-2-7-18-19)13(9-11)17-10-12-3-1-6-16-12/h2,4-5,7-9,12,16-17H,1,3,6,10H2. The van der Waals surface area contributed by atoms with Gasteiger partial charge in [-0.25, -0.2) is 4.68 Å². The topological polar surface area (TPSA) is 41.9 Å². The van der Waals surface area contributed by atoms with Crippen molar-refractivity contribution < 1.29 is 0 Å². The maximum absolute atomic E-state index is 6.09. The van der Waals surface area contributed by atoms with E-state index in [1.807, 2.05) is 35.1 Å². The van der Waals surface area contributed by atoms with Gasteiger partial charge in [0.05, 0.1) is 11.4 Å². The molecule has 1 aliphatic heterocycles. The van der Waals surface area contributed by atoms with Crippen LogP contribution < -0.4 is 10.6 Å². The van der Waals surface area contributed by atoms with E-state index in [2.05, 4.69) is 15.7 Å². The monoisotopic (exact) mass is 276 g/mol. The Kier molecular flexibility index (Phi) is 3.71. The van der Waals surface area contributed by atoms with Crippen molar-refractivity contribution >= 4 is 17.3 Å².